The molecular formula is C14H26N2O2. The van der Waals surface area contributed by atoms with E-state index >= 15 is 0 Å². The van der Waals surface area contributed by atoms with Gasteiger partial charge in [-0.1, -0.05) is 19.3 Å². The van der Waals surface area contributed by atoms with Crippen LogP contribution in [0.15, 0.2) is 0 Å². The molecule has 2 rings (SSSR count). The van der Waals surface area contributed by atoms with Gasteiger partial charge < -0.3 is 15.0 Å². The average molecular weight is 254 g/mol. The molecule has 1 N–H and O–H groups in total. The molecule has 104 valence electrons. The molecule has 4 heteroatoms. The number of nitrogens with zero attached hydrogens (tertiary/aromatic N) is 1. The van der Waals surface area contributed by atoms with Crippen molar-refractivity contribution >= 4 is 6.09 Å². The van der Waals surface area contributed by atoms with Crippen molar-refractivity contribution in [1.29, 1.82) is 0 Å². The molecule has 1 unspecified atom stereocenters. The standard InChI is InChI=1S/C14H26N2O2/c1-2-18-14(17)16-10-6-9-13(11-16)15-12-7-4-3-5-8-12/h12-13,15H,2-11H2,1H3. The van der Waals surface area contributed by atoms with E-state index in [2.05, 4.69) is 5.32 Å². The van der Waals surface area contributed by atoms with Gasteiger partial charge >= 0.3 is 6.09 Å². The van der Waals surface area contributed by atoms with Crippen molar-refractivity contribution in [1.82, 2.24) is 10.2 Å². The largest absolute Gasteiger partial charge is 0.450 e. The van der Waals surface area contributed by atoms with Crippen LogP contribution in [0.5, 0.6) is 0 Å². The summed E-state index contributed by atoms with van der Waals surface area (Å²) in [6.45, 7) is 3.99. The highest BCUT2D eigenvalue weighted by Gasteiger charge is 2.26. The molecule has 1 aliphatic carbocycles. The molecule has 0 spiro atoms. The number of hydrogen-bond donors (Lipinski definition) is 1. The highest BCUT2D eigenvalue weighted by molar-refractivity contribution is 5.67. The number of likely N-dealkylation sites (tertiary alicyclic amines) is 1. The van der Waals surface area contributed by atoms with Gasteiger partial charge in [0.1, 0.15) is 0 Å². The Balaban J connectivity index is 1.77. The second-order valence-electron chi connectivity index (χ2n) is 5.49. The van der Waals surface area contributed by atoms with Crippen LogP contribution in [-0.2, 0) is 4.74 Å². The van der Waals surface area contributed by atoms with Gasteiger partial charge in [0.25, 0.3) is 0 Å². The van der Waals surface area contributed by atoms with Crippen LogP contribution in [-0.4, -0.2) is 42.8 Å². The van der Waals surface area contributed by atoms with Crippen molar-refractivity contribution in [3.8, 4) is 0 Å². The number of carbonyl (C=O) groups is 1. The average Bonchev–Trinajstić information content (AvgIpc) is 2.40. The van der Waals surface area contributed by atoms with E-state index in [0.717, 1.165) is 19.5 Å². The summed E-state index contributed by atoms with van der Waals surface area (Å²) in [4.78, 5) is 13.6. The Bertz CT molecular complexity index is 265. The SMILES string of the molecule is CCOC(=O)N1CCCC(NC2CCCCC2)C1. The van der Waals surface area contributed by atoms with E-state index < -0.39 is 0 Å². The number of rotatable bonds is 3. The van der Waals surface area contributed by atoms with Crippen LogP contribution in [0.1, 0.15) is 51.9 Å². The quantitative estimate of drug-likeness (QED) is 0.841. The maximum absolute atomic E-state index is 11.7. The summed E-state index contributed by atoms with van der Waals surface area (Å²) >= 11 is 0. The van der Waals surface area contributed by atoms with E-state index in [1.807, 2.05) is 11.8 Å². The Morgan fingerprint density at radius 2 is 1.89 bits per heavy atom. The summed E-state index contributed by atoms with van der Waals surface area (Å²) in [7, 11) is 0. The fraction of sp³-hybridized carbons (Fsp3) is 0.929. The Kier molecular flexibility index (Phi) is 5.29. The lowest BCUT2D eigenvalue weighted by Gasteiger charge is -2.35. The van der Waals surface area contributed by atoms with E-state index in [4.69, 9.17) is 4.74 Å². The monoisotopic (exact) mass is 254 g/mol. The summed E-state index contributed by atoms with van der Waals surface area (Å²) in [5, 5.41) is 3.74. The van der Waals surface area contributed by atoms with Gasteiger partial charge in [0.15, 0.2) is 0 Å². The van der Waals surface area contributed by atoms with Gasteiger partial charge in [0.2, 0.25) is 0 Å². The third-order valence-corrected chi connectivity index (χ3v) is 4.02. The molecule has 1 atom stereocenters. The smallest absolute Gasteiger partial charge is 0.409 e. The van der Waals surface area contributed by atoms with Gasteiger partial charge in [-0.15, -0.1) is 0 Å². The second-order valence-corrected chi connectivity index (χ2v) is 5.49. The minimum Gasteiger partial charge on any atom is -0.450 e. The van der Waals surface area contributed by atoms with E-state index in [1.54, 1.807) is 0 Å². The van der Waals surface area contributed by atoms with Crippen LogP contribution in [0.3, 0.4) is 0 Å². The van der Waals surface area contributed by atoms with Crippen LogP contribution in [0.2, 0.25) is 0 Å². The molecule has 0 aromatic carbocycles. The van der Waals surface area contributed by atoms with E-state index in [0.29, 0.717) is 18.7 Å². The molecule has 0 radical (unpaired) electrons. The fourth-order valence-electron chi connectivity index (χ4n) is 3.10. The third kappa shape index (κ3) is 3.87. The molecule has 4 nitrogen and oxygen atoms in total. The van der Waals surface area contributed by atoms with Crippen LogP contribution < -0.4 is 5.32 Å². The molecule has 2 aliphatic rings. The number of ether oxygens (including phenoxy) is 1. The van der Waals surface area contributed by atoms with Crippen LogP contribution in [0, 0.1) is 0 Å². The summed E-state index contributed by atoms with van der Waals surface area (Å²) in [5.74, 6) is 0. The summed E-state index contributed by atoms with van der Waals surface area (Å²) < 4.78 is 5.08. The zero-order valence-corrected chi connectivity index (χ0v) is 11.5. The lowest BCUT2D eigenvalue weighted by molar-refractivity contribution is 0.0908. The van der Waals surface area contributed by atoms with Gasteiger partial charge in [0, 0.05) is 25.2 Å². The molecule has 1 amide bonds. The van der Waals surface area contributed by atoms with Crippen LogP contribution in [0.4, 0.5) is 4.79 Å². The van der Waals surface area contributed by atoms with Gasteiger partial charge in [0.05, 0.1) is 6.61 Å². The predicted molar refractivity (Wildman–Crippen MR) is 71.6 cm³/mol. The summed E-state index contributed by atoms with van der Waals surface area (Å²) in [5.41, 5.74) is 0. The summed E-state index contributed by atoms with van der Waals surface area (Å²) in [6.07, 6.45) is 8.82. The minimum absolute atomic E-state index is 0.146. The zero-order valence-electron chi connectivity index (χ0n) is 11.5. The Hall–Kier alpha value is -0.770. The van der Waals surface area contributed by atoms with Crippen molar-refractivity contribution in [2.24, 2.45) is 0 Å². The van der Waals surface area contributed by atoms with Crippen molar-refractivity contribution in [3.63, 3.8) is 0 Å². The van der Waals surface area contributed by atoms with Crippen LogP contribution >= 0.6 is 0 Å². The predicted octanol–water partition coefficient (Wildman–Crippen LogP) is 2.53. The molecule has 1 saturated heterocycles. The van der Waals surface area contributed by atoms with E-state index in [1.165, 1.54) is 38.5 Å². The highest BCUT2D eigenvalue weighted by Crippen LogP contribution is 2.20. The van der Waals surface area contributed by atoms with E-state index in [-0.39, 0.29) is 6.09 Å². The normalized spacial score (nSPS) is 26.1. The summed E-state index contributed by atoms with van der Waals surface area (Å²) in [6, 6.07) is 1.14. The van der Waals surface area contributed by atoms with Gasteiger partial charge in [-0.05, 0) is 32.6 Å². The molecule has 1 saturated carbocycles. The van der Waals surface area contributed by atoms with Gasteiger partial charge in [-0.2, -0.15) is 0 Å². The number of nitrogens with one attached hydrogen (secondary N) is 1. The maximum atomic E-state index is 11.7. The molecule has 0 bridgehead atoms. The first-order chi connectivity index (χ1) is 8.79. The first-order valence-corrected chi connectivity index (χ1v) is 7.47. The highest BCUT2D eigenvalue weighted by atomic mass is 16.6. The Morgan fingerprint density at radius 1 is 1.17 bits per heavy atom. The van der Waals surface area contributed by atoms with Crippen molar-refractivity contribution in [2.75, 3.05) is 19.7 Å². The topological polar surface area (TPSA) is 41.6 Å². The van der Waals surface area contributed by atoms with E-state index in [9.17, 15) is 4.79 Å². The lowest BCUT2D eigenvalue weighted by Crippen LogP contribution is -2.51. The third-order valence-electron chi connectivity index (χ3n) is 4.02. The molecule has 0 aromatic rings. The van der Waals surface area contributed by atoms with Gasteiger partial charge in [-0.3, -0.25) is 0 Å². The van der Waals surface area contributed by atoms with Gasteiger partial charge in [-0.25, -0.2) is 4.79 Å². The number of amides is 1. The molecule has 0 aromatic heterocycles. The molecule has 1 heterocycles. The van der Waals surface area contributed by atoms with Crippen molar-refractivity contribution < 1.29 is 9.53 Å². The lowest BCUT2D eigenvalue weighted by atomic mass is 9.94. The molecule has 18 heavy (non-hydrogen) atoms. The first kappa shape index (κ1) is 13.7. The zero-order chi connectivity index (χ0) is 12.8. The Labute approximate surface area is 110 Å². The molecule has 2 fully saturated rings. The van der Waals surface area contributed by atoms with Crippen LogP contribution in [0.25, 0.3) is 0 Å². The first-order valence-electron chi connectivity index (χ1n) is 7.47. The Morgan fingerprint density at radius 3 is 2.61 bits per heavy atom. The second kappa shape index (κ2) is 6.98. The number of hydrogen-bond acceptors (Lipinski definition) is 3. The number of piperidine rings is 1. The molecule has 1 aliphatic heterocycles. The maximum Gasteiger partial charge on any atom is 0.409 e. The fourth-order valence-corrected chi connectivity index (χ4v) is 3.10. The van der Waals surface area contributed by atoms with Crippen molar-refractivity contribution in [3.05, 3.63) is 0 Å². The van der Waals surface area contributed by atoms with Crippen molar-refractivity contribution in [2.45, 2.75) is 64.0 Å². The molecular weight excluding hydrogens is 228 g/mol. The number of carbonyl (C=O) groups excluding carboxylic acids is 1. The minimum atomic E-state index is -0.146.